The zero-order chi connectivity index (χ0) is 34.9. The number of nitrogens with two attached hydrogens (primary N) is 1. The second kappa shape index (κ2) is 14.3. The number of halogens is 1. The summed E-state index contributed by atoms with van der Waals surface area (Å²) in [6, 6.07) is 9.44. The number of rotatable bonds is 11. The van der Waals surface area contributed by atoms with Gasteiger partial charge in [-0.1, -0.05) is 52.4 Å². The maximum absolute atomic E-state index is 13.3. The summed E-state index contributed by atoms with van der Waals surface area (Å²) in [5, 5.41) is 25.1. The van der Waals surface area contributed by atoms with Crippen molar-refractivity contribution in [3.05, 3.63) is 69.0 Å². The number of thioether (sulfide) groups is 1. The van der Waals surface area contributed by atoms with E-state index in [4.69, 9.17) is 22.2 Å². The van der Waals surface area contributed by atoms with Crippen LogP contribution in [0.3, 0.4) is 0 Å². The molecule has 4 aliphatic heterocycles. The average molecular weight is 739 g/mol. The van der Waals surface area contributed by atoms with Crippen LogP contribution >= 0.6 is 34.7 Å². The Balaban J connectivity index is 1.01. The van der Waals surface area contributed by atoms with Crippen molar-refractivity contribution in [1.82, 2.24) is 24.9 Å². The van der Waals surface area contributed by atoms with Crippen LogP contribution in [0.5, 0.6) is 0 Å². The van der Waals surface area contributed by atoms with Gasteiger partial charge < -0.3 is 30.7 Å². The number of thiazole rings is 1. The third kappa shape index (κ3) is 6.64. The predicted octanol–water partition coefficient (Wildman–Crippen LogP) is 0.762. The normalized spacial score (nSPS) is 20.6. The fraction of sp³-hybridized carbons (Fsp3) is 0.406. The standard InChI is InChI=1S/C32H35ClN10O5S2/c1-48-38-24(23-27(33)50-32(34)37-23)28(44)36-25-29(45)43-26(31(46)47)21(18-49-30(25)43)17-41-12-9-22-39(13-14-42(22)41)16-20-7-5-19(6-8-20)15-35-40-10-3-2-4-11-40/h5-9,12,15,25,30H,2-4,10-11,13-14,16-18H2,1H3,(H3-,34,36,37,44,46,47)/b35-15?,38-24-/t25-,30-/m1/s1. The number of nitrogens with one attached hydrogen (secondary N) is 1. The smallest absolute Gasteiger partial charge is 0.276 e. The predicted molar refractivity (Wildman–Crippen MR) is 187 cm³/mol. The molecule has 0 radical (unpaired) electrons. The third-order valence-corrected chi connectivity index (χ3v) is 11.5. The molecule has 6 heterocycles. The summed E-state index contributed by atoms with van der Waals surface area (Å²) < 4.78 is 4.22. The molecular formula is C32H35ClN10O5S2. The number of aliphatic carboxylic acids is 1. The van der Waals surface area contributed by atoms with Gasteiger partial charge in [-0.25, -0.2) is 4.98 Å². The number of nitrogen functional groups attached to an aromatic ring is 1. The van der Waals surface area contributed by atoms with Crippen LogP contribution in [0.1, 0.15) is 36.1 Å². The van der Waals surface area contributed by atoms with Crippen LogP contribution in [0.25, 0.3) is 0 Å². The molecule has 0 aliphatic carbocycles. The maximum Gasteiger partial charge on any atom is 0.276 e. The van der Waals surface area contributed by atoms with Crippen LogP contribution in [0.4, 0.5) is 10.9 Å². The number of amides is 2. The van der Waals surface area contributed by atoms with E-state index >= 15 is 0 Å². The van der Waals surface area contributed by atoms with E-state index in [1.165, 1.54) is 48.6 Å². The lowest BCUT2D eigenvalue weighted by Gasteiger charge is -2.50. The first-order valence-electron chi connectivity index (χ1n) is 16.2. The number of hydrogen-bond donors (Lipinski definition) is 2. The Kier molecular flexibility index (Phi) is 9.70. The molecule has 0 saturated carbocycles. The second-order valence-corrected chi connectivity index (χ2v) is 15.0. The van der Waals surface area contributed by atoms with Crippen LogP contribution in [0.15, 0.2) is 58.1 Å². The fourth-order valence-electron chi connectivity index (χ4n) is 6.61. The number of aromatic nitrogens is 3. The first-order valence-corrected chi connectivity index (χ1v) is 18.4. The van der Waals surface area contributed by atoms with Crippen LogP contribution in [-0.2, 0) is 38.9 Å². The van der Waals surface area contributed by atoms with Crippen molar-refractivity contribution < 1.29 is 29.0 Å². The van der Waals surface area contributed by atoms with Crippen LogP contribution in [0, 0.1) is 0 Å². The number of β-lactam (4-membered cyclic amide) rings is 1. The van der Waals surface area contributed by atoms with E-state index in [-0.39, 0.29) is 33.1 Å². The molecule has 50 heavy (non-hydrogen) atoms. The number of fused-ring (bicyclic) bond motifs is 2. The number of oxime groups is 1. The molecule has 0 spiro atoms. The number of piperidine rings is 1. The molecule has 0 unspecified atom stereocenters. The Hall–Kier alpha value is -4.61. The van der Waals surface area contributed by atoms with Crippen molar-refractivity contribution in [3.8, 4) is 0 Å². The Morgan fingerprint density at radius 1 is 1.18 bits per heavy atom. The van der Waals surface area contributed by atoms with Crippen molar-refractivity contribution in [1.29, 1.82) is 0 Å². The molecule has 0 bridgehead atoms. The highest BCUT2D eigenvalue weighted by molar-refractivity contribution is 8.00. The van der Waals surface area contributed by atoms with Gasteiger partial charge in [-0.3, -0.25) is 19.5 Å². The summed E-state index contributed by atoms with van der Waals surface area (Å²) in [6.45, 7) is 4.54. The highest BCUT2D eigenvalue weighted by atomic mass is 35.5. The lowest BCUT2D eigenvalue weighted by molar-refractivity contribution is -0.766. The number of benzene rings is 1. The number of hydrazone groups is 1. The van der Waals surface area contributed by atoms with Crippen LogP contribution in [-0.4, -0.2) is 93.2 Å². The first-order chi connectivity index (χ1) is 24.2. The molecule has 2 amide bonds. The lowest BCUT2D eigenvalue weighted by atomic mass is 10.0. The molecule has 2 fully saturated rings. The molecule has 2 saturated heterocycles. The zero-order valence-electron chi connectivity index (χ0n) is 27.2. The van der Waals surface area contributed by atoms with Gasteiger partial charge in [-0.2, -0.15) is 5.10 Å². The van der Waals surface area contributed by atoms with Gasteiger partial charge in [-0.15, -0.1) is 21.1 Å². The second-order valence-electron chi connectivity index (χ2n) is 12.2. The molecular weight excluding hydrogens is 704 g/mol. The summed E-state index contributed by atoms with van der Waals surface area (Å²) in [7, 11) is 1.25. The SMILES string of the molecule is CO/N=C(\C(=O)N[C@@H]1C(=O)N2C(C(=O)[O-])=C(C[n+]3ccc4n3CCN4Cc3ccc(C=NN4CCCCC4)cc3)CS[C@H]12)c1nc(N)sc1Cl. The van der Waals surface area contributed by atoms with Crippen molar-refractivity contribution in [2.75, 3.05) is 43.1 Å². The Morgan fingerprint density at radius 3 is 2.66 bits per heavy atom. The molecule has 4 aliphatic rings. The molecule has 18 heteroatoms. The molecule has 3 aromatic rings. The average Bonchev–Trinajstić information content (AvgIpc) is 3.81. The number of nitrogens with zero attached hydrogens (tertiary/aromatic N) is 8. The minimum Gasteiger partial charge on any atom is -0.543 e. The summed E-state index contributed by atoms with van der Waals surface area (Å²) in [4.78, 5) is 51.3. The van der Waals surface area contributed by atoms with Gasteiger partial charge in [0, 0.05) is 37.5 Å². The summed E-state index contributed by atoms with van der Waals surface area (Å²) in [5.74, 6) is -1.44. The van der Waals surface area contributed by atoms with Crippen molar-refractivity contribution in [3.63, 3.8) is 0 Å². The van der Waals surface area contributed by atoms with Gasteiger partial charge in [0.25, 0.3) is 11.8 Å². The topological polar surface area (TPSA) is 178 Å². The van der Waals surface area contributed by atoms with E-state index < -0.39 is 29.2 Å². The minimum atomic E-state index is -1.45. The van der Waals surface area contributed by atoms with Gasteiger partial charge in [0.1, 0.15) is 28.6 Å². The van der Waals surface area contributed by atoms with Gasteiger partial charge in [0.2, 0.25) is 0 Å². The van der Waals surface area contributed by atoms with E-state index in [0.717, 1.165) is 55.4 Å². The van der Waals surface area contributed by atoms with Crippen LogP contribution in [0.2, 0.25) is 4.34 Å². The van der Waals surface area contributed by atoms with Gasteiger partial charge >= 0.3 is 0 Å². The van der Waals surface area contributed by atoms with Crippen molar-refractivity contribution >= 4 is 75.4 Å². The minimum absolute atomic E-state index is 0.0211. The van der Waals surface area contributed by atoms with E-state index in [9.17, 15) is 19.5 Å². The monoisotopic (exact) mass is 738 g/mol. The van der Waals surface area contributed by atoms with E-state index in [0.29, 0.717) is 11.3 Å². The van der Waals surface area contributed by atoms with Crippen molar-refractivity contribution in [2.45, 2.75) is 50.3 Å². The zero-order valence-corrected chi connectivity index (χ0v) is 29.5. The van der Waals surface area contributed by atoms with Gasteiger partial charge in [0.05, 0.1) is 30.5 Å². The molecule has 2 atom stereocenters. The number of carboxylic acid groups (broad SMARTS) is 1. The number of anilines is 2. The summed E-state index contributed by atoms with van der Waals surface area (Å²) >= 11 is 8.50. The molecule has 262 valence electrons. The largest absolute Gasteiger partial charge is 0.543 e. The number of hydrogen-bond acceptors (Lipinski definition) is 13. The summed E-state index contributed by atoms with van der Waals surface area (Å²) in [5.41, 5.74) is 8.10. The highest BCUT2D eigenvalue weighted by Gasteiger charge is 2.53. The van der Waals surface area contributed by atoms with E-state index in [1.807, 2.05) is 23.2 Å². The number of carboxylic acids is 1. The quantitative estimate of drug-likeness (QED) is 0.124. The van der Waals surface area contributed by atoms with Gasteiger partial charge in [0.15, 0.2) is 29.4 Å². The number of carbonyl (C=O) groups is 3. The van der Waals surface area contributed by atoms with Crippen molar-refractivity contribution in [2.24, 2.45) is 10.3 Å². The number of carbonyl (C=O) groups excluding carboxylic acids is 3. The summed E-state index contributed by atoms with van der Waals surface area (Å²) in [6.07, 6.45) is 7.51. The van der Waals surface area contributed by atoms with E-state index in [1.54, 1.807) is 0 Å². The Morgan fingerprint density at radius 2 is 1.96 bits per heavy atom. The third-order valence-electron chi connectivity index (χ3n) is 9.04. The maximum atomic E-state index is 13.3. The van der Waals surface area contributed by atoms with E-state index in [2.05, 4.69) is 59.4 Å². The lowest BCUT2D eigenvalue weighted by Crippen LogP contribution is -2.71. The molecule has 3 N–H and O–H groups in total. The Labute approximate surface area is 301 Å². The first kappa shape index (κ1) is 33.9. The Bertz CT molecular complexity index is 1900. The molecule has 2 aromatic heterocycles. The highest BCUT2D eigenvalue weighted by Crippen LogP contribution is 2.40. The fourth-order valence-corrected chi connectivity index (χ4v) is 8.87. The molecule has 1 aromatic carbocycles. The molecule has 15 nitrogen and oxygen atoms in total. The molecule has 7 rings (SSSR count). The van der Waals surface area contributed by atoms with Gasteiger partial charge in [-0.05, 0) is 30.4 Å². The van der Waals surface area contributed by atoms with Crippen LogP contribution < -0.4 is 25.7 Å².